The Morgan fingerprint density at radius 2 is 2.05 bits per heavy atom. The van der Waals surface area contributed by atoms with Crippen LogP contribution in [0.1, 0.15) is 36.8 Å². The van der Waals surface area contributed by atoms with Gasteiger partial charge in [-0.3, -0.25) is 0 Å². The van der Waals surface area contributed by atoms with Crippen LogP contribution in [0.5, 0.6) is 0 Å². The van der Waals surface area contributed by atoms with Crippen LogP contribution >= 0.6 is 0 Å². The average molecular weight is 276 g/mol. The fourth-order valence-electron chi connectivity index (χ4n) is 2.91. The SMILES string of the molecule is N#Cc1cccc(COCC2CCCCC2CN)c1F. The molecular formula is C16H21FN2O. The van der Waals surface area contributed by atoms with E-state index in [0.717, 1.165) is 6.42 Å². The monoisotopic (exact) mass is 276 g/mol. The molecule has 0 aromatic heterocycles. The predicted molar refractivity (Wildman–Crippen MR) is 75.3 cm³/mol. The summed E-state index contributed by atoms with van der Waals surface area (Å²) in [6.07, 6.45) is 4.78. The van der Waals surface area contributed by atoms with Gasteiger partial charge in [0.1, 0.15) is 11.9 Å². The number of nitriles is 1. The summed E-state index contributed by atoms with van der Waals surface area (Å²) in [6, 6.07) is 6.67. The van der Waals surface area contributed by atoms with Crippen LogP contribution in [0.15, 0.2) is 18.2 Å². The zero-order chi connectivity index (χ0) is 14.4. The van der Waals surface area contributed by atoms with Gasteiger partial charge in [0.2, 0.25) is 0 Å². The van der Waals surface area contributed by atoms with Crippen molar-refractivity contribution >= 4 is 0 Å². The summed E-state index contributed by atoms with van der Waals surface area (Å²) < 4.78 is 19.5. The van der Waals surface area contributed by atoms with Gasteiger partial charge in [0.25, 0.3) is 0 Å². The van der Waals surface area contributed by atoms with Crippen LogP contribution in [-0.2, 0) is 11.3 Å². The van der Waals surface area contributed by atoms with Crippen LogP contribution in [0.3, 0.4) is 0 Å². The van der Waals surface area contributed by atoms with E-state index in [1.165, 1.54) is 25.3 Å². The third kappa shape index (κ3) is 3.56. The molecule has 0 amide bonds. The lowest BCUT2D eigenvalue weighted by atomic mass is 9.80. The van der Waals surface area contributed by atoms with Gasteiger partial charge < -0.3 is 10.5 Å². The summed E-state index contributed by atoms with van der Waals surface area (Å²) >= 11 is 0. The van der Waals surface area contributed by atoms with Crippen molar-refractivity contribution in [2.75, 3.05) is 13.2 Å². The van der Waals surface area contributed by atoms with Gasteiger partial charge in [0.05, 0.1) is 18.8 Å². The van der Waals surface area contributed by atoms with Crippen molar-refractivity contribution in [3.8, 4) is 6.07 Å². The molecule has 1 aromatic carbocycles. The summed E-state index contributed by atoms with van der Waals surface area (Å²) in [5, 5.41) is 8.79. The maximum atomic E-state index is 13.9. The maximum Gasteiger partial charge on any atom is 0.146 e. The van der Waals surface area contributed by atoms with E-state index in [0.29, 0.717) is 30.6 Å². The summed E-state index contributed by atoms with van der Waals surface area (Å²) in [5.41, 5.74) is 6.31. The van der Waals surface area contributed by atoms with Gasteiger partial charge >= 0.3 is 0 Å². The Morgan fingerprint density at radius 1 is 1.30 bits per heavy atom. The molecule has 2 rings (SSSR count). The minimum atomic E-state index is -0.464. The van der Waals surface area contributed by atoms with E-state index in [-0.39, 0.29) is 12.2 Å². The Bertz CT molecular complexity index is 484. The van der Waals surface area contributed by atoms with Crippen LogP contribution in [0, 0.1) is 29.0 Å². The fourth-order valence-corrected chi connectivity index (χ4v) is 2.91. The van der Waals surface area contributed by atoms with Crippen molar-refractivity contribution in [2.24, 2.45) is 17.6 Å². The second-order valence-electron chi connectivity index (χ2n) is 5.45. The van der Waals surface area contributed by atoms with Gasteiger partial charge in [-0.15, -0.1) is 0 Å². The zero-order valence-corrected chi connectivity index (χ0v) is 11.6. The molecule has 4 heteroatoms. The second kappa shape index (κ2) is 7.37. The number of hydrogen-bond acceptors (Lipinski definition) is 3. The van der Waals surface area contributed by atoms with Crippen LogP contribution in [0.2, 0.25) is 0 Å². The van der Waals surface area contributed by atoms with E-state index in [1.807, 2.05) is 6.07 Å². The van der Waals surface area contributed by atoms with Gasteiger partial charge in [-0.2, -0.15) is 5.26 Å². The third-order valence-corrected chi connectivity index (χ3v) is 4.16. The first-order valence-electron chi connectivity index (χ1n) is 7.21. The lowest BCUT2D eigenvalue weighted by Crippen LogP contribution is -2.29. The molecule has 0 spiro atoms. The van der Waals surface area contributed by atoms with Gasteiger partial charge in [-0.05, 0) is 37.3 Å². The largest absolute Gasteiger partial charge is 0.376 e. The average Bonchev–Trinajstić information content (AvgIpc) is 2.49. The van der Waals surface area contributed by atoms with Gasteiger partial charge in [-0.1, -0.05) is 25.0 Å². The van der Waals surface area contributed by atoms with Gasteiger partial charge in [0, 0.05) is 5.56 Å². The Labute approximate surface area is 119 Å². The Morgan fingerprint density at radius 3 is 2.75 bits per heavy atom. The van der Waals surface area contributed by atoms with Crippen LogP contribution < -0.4 is 5.73 Å². The Balaban J connectivity index is 1.88. The van der Waals surface area contributed by atoms with Crippen molar-refractivity contribution in [1.29, 1.82) is 5.26 Å². The first-order valence-corrected chi connectivity index (χ1v) is 7.21. The Kier molecular flexibility index (Phi) is 5.51. The summed E-state index contributed by atoms with van der Waals surface area (Å²) in [7, 11) is 0. The molecule has 1 aromatic rings. The van der Waals surface area contributed by atoms with Crippen molar-refractivity contribution in [2.45, 2.75) is 32.3 Å². The number of nitrogens with zero attached hydrogens (tertiary/aromatic N) is 1. The predicted octanol–water partition coefficient (Wildman–Crippen LogP) is 2.98. The standard InChI is InChI=1S/C16H21FN2O/c17-16-13(9-19)6-3-7-15(16)11-20-10-14-5-2-1-4-12(14)8-18/h3,6-7,12,14H,1-2,4-5,8,10-11,18H2. The molecule has 20 heavy (non-hydrogen) atoms. The molecule has 0 bridgehead atoms. The molecule has 2 N–H and O–H groups in total. The normalized spacial score (nSPS) is 22.4. The highest BCUT2D eigenvalue weighted by molar-refractivity contribution is 5.34. The molecule has 0 saturated heterocycles. The number of nitrogens with two attached hydrogens (primary N) is 1. The van der Waals surface area contributed by atoms with Crippen molar-refractivity contribution in [3.05, 3.63) is 35.1 Å². The Hall–Kier alpha value is -1.44. The number of hydrogen-bond donors (Lipinski definition) is 1. The van der Waals surface area contributed by atoms with E-state index in [9.17, 15) is 4.39 Å². The van der Waals surface area contributed by atoms with E-state index in [1.54, 1.807) is 12.1 Å². The lowest BCUT2D eigenvalue weighted by molar-refractivity contribution is 0.0499. The molecule has 1 fully saturated rings. The number of benzene rings is 1. The smallest absolute Gasteiger partial charge is 0.146 e. The van der Waals surface area contributed by atoms with E-state index in [2.05, 4.69) is 0 Å². The number of rotatable bonds is 5. The molecular weight excluding hydrogens is 255 g/mol. The molecule has 1 aliphatic rings. The topological polar surface area (TPSA) is 59.0 Å². The first-order chi connectivity index (χ1) is 9.76. The van der Waals surface area contributed by atoms with E-state index in [4.69, 9.17) is 15.7 Å². The molecule has 2 unspecified atom stereocenters. The van der Waals surface area contributed by atoms with Crippen molar-refractivity contribution in [3.63, 3.8) is 0 Å². The van der Waals surface area contributed by atoms with E-state index >= 15 is 0 Å². The van der Waals surface area contributed by atoms with Crippen LogP contribution in [0.25, 0.3) is 0 Å². The molecule has 3 nitrogen and oxygen atoms in total. The minimum Gasteiger partial charge on any atom is -0.376 e. The van der Waals surface area contributed by atoms with Gasteiger partial charge in [0.15, 0.2) is 0 Å². The minimum absolute atomic E-state index is 0.0728. The van der Waals surface area contributed by atoms with Crippen molar-refractivity contribution in [1.82, 2.24) is 0 Å². The first kappa shape index (κ1) is 15.0. The van der Waals surface area contributed by atoms with Gasteiger partial charge in [-0.25, -0.2) is 4.39 Å². The number of ether oxygens (including phenoxy) is 1. The highest BCUT2D eigenvalue weighted by Crippen LogP contribution is 2.29. The highest BCUT2D eigenvalue weighted by atomic mass is 19.1. The highest BCUT2D eigenvalue weighted by Gasteiger charge is 2.24. The second-order valence-corrected chi connectivity index (χ2v) is 5.45. The summed E-state index contributed by atoms with van der Waals surface area (Å²) in [4.78, 5) is 0. The lowest BCUT2D eigenvalue weighted by Gasteiger charge is -2.30. The quantitative estimate of drug-likeness (QED) is 0.899. The van der Waals surface area contributed by atoms with Crippen molar-refractivity contribution < 1.29 is 9.13 Å². The summed E-state index contributed by atoms with van der Waals surface area (Å²) in [6.45, 7) is 1.54. The fraction of sp³-hybridized carbons (Fsp3) is 0.562. The zero-order valence-electron chi connectivity index (χ0n) is 11.6. The molecule has 108 valence electrons. The molecule has 1 saturated carbocycles. The molecule has 0 aliphatic heterocycles. The van der Waals surface area contributed by atoms with Crippen LogP contribution in [-0.4, -0.2) is 13.2 Å². The van der Waals surface area contributed by atoms with E-state index < -0.39 is 5.82 Å². The van der Waals surface area contributed by atoms with Crippen LogP contribution in [0.4, 0.5) is 4.39 Å². The molecule has 1 aliphatic carbocycles. The molecule has 2 atom stereocenters. The summed E-state index contributed by atoms with van der Waals surface area (Å²) in [5.74, 6) is 0.545. The molecule has 0 heterocycles. The maximum absolute atomic E-state index is 13.9. The molecule has 0 radical (unpaired) electrons. The third-order valence-electron chi connectivity index (χ3n) is 4.16. The number of halogens is 1.